The molecule has 17 heavy (non-hydrogen) atoms. The molecule has 5 nitrogen and oxygen atoms in total. The van der Waals surface area contributed by atoms with Crippen LogP contribution in [0.5, 0.6) is 0 Å². The molecule has 0 atom stereocenters. The van der Waals surface area contributed by atoms with E-state index in [0.717, 1.165) is 22.6 Å². The van der Waals surface area contributed by atoms with Crippen molar-refractivity contribution >= 4 is 11.0 Å². The molecule has 0 spiro atoms. The quantitative estimate of drug-likeness (QED) is 0.738. The van der Waals surface area contributed by atoms with Crippen LogP contribution in [0.4, 0.5) is 0 Å². The third-order valence-corrected chi connectivity index (χ3v) is 2.64. The Morgan fingerprint density at radius 3 is 2.76 bits per heavy atom. The Kier molecular flexibility index (Phi) is 2.38. The number of nitrogens with two attached hydrogens (primary N) is 1. The average molecular weight is 228 g/mol. The normalized spacial score (nSPS) is 11.1. The molecule has 3 rings (SSSR count). The fourth-order valence-corrected chi connectivity index (χ4v) is 1.80. The molecule has 5 heteroatoms. The molecule has 0 aliphatic carbocycles. The molecule has 86 valence electrons. The van der Waals surface area contributed by atoms with Crippen LogP contribution >= 0.6 is 0 Å². The first kappa shape index (κ1) is 10.0. The highest BCUT2D eigenvalue weighted by molar-refractivity contribution is 5.73. The molecule has 0 radical (unpaired) electrons. The van der Waals surface area contributed by atoms with Gasteiger partial charge in [0.1, 0.15) is 23.6 Å². The minimum atomic E-state index is 0.415. The van der Waals surface area contributed by atoms with Crippen molar-refractivity contribution in [1.29, 1.82) is 0 Å². The lowest BCUT2D eigenvalue weighted by atomic mass is 10.3. The van der Waals surface area contributed by atoms with E-state index in [0.29, 0.717) is 13.1 Å². The third-order valence-electron chi connectivity index (χ3n) is 2.64. The Labute approximate surface area is 97.8 Å². The lowest BCUT2D eigenvalue weighted by Gasteiger charge is -1.98. The van der Waals surface area contributed by atoms with Gasteiger partial charge < -0.3 is 10.2 Å². The highest BCUT2D eigenvalue weighted by Gasteiger charge is 2.06. The van der Waals surface area contributed by atoms with Gasteiger partial charge in [0.25, 0.3) is 0 Å². The van der Waals surface area contributed by atoms with Crippen LogP contribution in [0.2, 0.25) is 0 Å². The van der Waals surface area contributed by atoms with Gasteiger partial charge in [-0.25, -0.2) is 4.68 Å². The van der Waals surface area contributed by atoms with E-state index in [1.807, 2.05) is 41.1 Å². The van der Waals surface area contributed by atoms with Gasteiger partial charge in [0.05, 0.1) is 12.1 Å². The Bertz CT molecular complexity index is 641. The first-order chi connectivity index (χ1) is 8.36. The van der Waals surface area contributed by atoms with E-state index in [9.17, 15) is 0 Å². The van der Waals surface area contributed by atoms with Gasteiger partial charge in [0, 0.05) is 0 Å². The molecule has 3 aromatic rings. The minimum Gasteiger partial charge on any atom is -0.463 e. The first-order valence-electron chi connectivity index (χ1n) is 5.43. The lowest BCUT2D eigenvalue weighted by Crippen LogP contribution is -2.00. The Balaban J connectivity index is 1.94. The summed E-state index contributed by atoms with van der Waals surface area (Å²) in [5, 5.41) is 8.19. The molecule has 0 amide bonds. The molecule has 2 N–H and O–H groups in total. The average Bonchev–Trinajstić information content (AvgIpc) is 2.97. The summed E-state index contributed by atoms with van der Waals surface area (Å²) in [7, 11) is 0. The number of benzene rings is 1. The van der Waals surface area contributed by atoms with E-state index in [4.69, 9.17) is 10.2 Å². The van der Waals surface area contributed by atoms with Crippen LogP contribution in [0.25, 0.3) is 11.0 Å². The topological polar surface area (TPSA) is 69.9 Å². The fourth-order valence-electron chi connectivity index (χ4n) is 1.80. The van der Waals surface area contributed by atoms with Crippen molar-refractivity contribution in [1.82, 2.24) is 15.0 Å². The highest BCUT2D eigenvalue weighted by Crippen LogP contribution is 2.13. The number of rotatable bonds is 3. The molecule has 0 unspecified atom stereocenters. The van der Waals surface area contributed by atoms with E-state index in [1.54, 1.807) is 0 Å². The Hall–Kier alpha value is -2.14. The van der Waals surface area contributed by atoms with E-state index < -0.39 is 0 Å². The largest absolute Gasteiger partial charge is 0.463 e. The zero-order chi connectivity index (χ0) is 11.7. The summed E-state index contributed by atoms with van der Waals surface area (Å²) in [6.07, 6.45) is 0. The van der Waals surface area contributed by atoms with Crippen molar-refractivity contribution < 1.29 is 4.42 Å². The molecular formula is C12H12N4O. The summed E-state index contributed by atoms with van der Waals surface area (Å²) in [6.45, 7) is 0.985. The molecule has 2 aromatic heterocycles. The molecule has 0 fully saturated rings. The second-order valence-corrected chi connectivity index (χ2v) is 3.81. The molecular weight excluding hydrogens is 216 g/mol. The Morgan fingerprint density at radius 2 is 1.94 bits per heavy atom. The highest BCUT2D eigenvalue weighted by atomic mass is 16.3. The van der Waals surface area contributed by atoms with Crippen LogP contribution in [0.1, 0.15) is 11.5 Å². The number of hydrogen-bond acceptors (Lipinski definition) is 4. The number of hydrogen-bond donors (Lipinski definition) is 1. The van der Waals surface area contributed by atoms with Crippen LogP contribution in [0.3, 0.4) is 0 Å². The van der Waals surface area contributed by atoms with Gasteiger partial charge in [-0.05, 0) is 24.3 Å². The number of nitrogens with zero attached hydrogens (tertiary/aromatic N) is 3. The van der Waals surface area contributed by atoms with Crippen molar-refractivity contribution in [3.05, 3.63) is 47.9 Å². The van der Waals surface area contributed by atoms with Crippen LogP contribution in [-0.4, -0.2) is 15.0 Å². The van der Waals surface area contributed by atoms with Gasteiger partial charge in [-0.2, -0.15) is 0 Å². The van der Waals surface area contributed by atoms with Gasteiger partial charge in [-0.15, -0.1) is 5.10 Å². The number of aromatic nitrogens is 3. The summed E-state index contributed by atoms with van der Waals surface area (Å²) in [5.41, 5.74) is 7.38. The molecule has 2 heterocycles. The molecule has 0 aliphatic rings. The van der Waals surface area contributed by atoms with Gasteiger partial charge in [-0.3, -0.25) is 0 Å². The molecule has 0 bridgehead atoms. The fraction of sp³-hybridized carbons (Fsp3) is 0.167. The monoisotopic (exact) mass is 228 g/mol. The molecule has 0 aliphatic heterocycles. The summed E-state index contributed by atoms with van der Waals surface area (Å²) >= 11 is 0. The van der Waals surface area contributed by atoms with E-state index in [-0.39, 0.29) is 0 Å². The zero-order valence-corrected chi connectivity index (χ0v) is 9.21. The number of fused-ring (bicyclic) bond motifs is 1. The predicted octanol–water partition coefficient (Wildman–Crippen LogP) is 1.53. The molecule has 0 saturated carbocycles. The van der Waals surface area contributed by atoms with Gasteiger partial charge in [0.15, 0.2) is 0 Å². The van der Waals surface area contributed by atoms with E-state index in [1.165, 1.54) is 0 Å². The number of para-hydroxylation sites is 1. The second kappa shape index (κ2) is 4.03. The van der Waals surface area contributed by atoms with E-state index in [2.05, 4.69) is 10.3 Å². The second-order valence-electron chi connectivity index (χ2n) is 3.81. The van der Waals surface area contributed by atoms with Crippen molar-refractivity contribution in [2.45, 2.75) is 13.1 Å². The van der Waals surface area contributed by atoms with Crippen molar-refractivity contribution in [2.24, 2.45) is 5.73 Å². The maximum atomic E-state index is 5.54. The van der Waals surface area contributed by atoms with Crippen LogP contribution < -0.4 is 5.73 Å². The minimum absolute atomic E-state index is 0.415. The van der Waals surface area contributed by atoms with Gasteiger partial charge in [0.2, 0.25) is 0 Å². The SMILES string of the molecule is NCc1ccc(Cn2nnc3ccccc32)o1. The summed E-state index contributed by atoms with van der Waals surface area (Å²) in [4.78, 5) is 0. The van der Waals surface area contributed by atoms with Crippen LogP contribution in [-0.2, 0) is 13.1 Å². The maximum absolute atomic E-state index is 5.54. The van der Waals surface area contributed by atoms with Crippen molar-refractivity contribution in [3.8, 4) is 0 Å². The standard InChI is InChI=1S/C12H12N4O/c13-7-9-5-6-10(17-9)8-16-12-4-2-1-3-11(12)14-15-16/h1-6H,7-8,13H2. The summed E-state index contributed by atoms with van der Waals surface area (Å²) in [5.74, 6) is 1.62. The lowest BCUT2D eigenvalue weighted by molar-refractivity contribution is 0.446. The van der Waals surface area contributed by atoms with Gasteiger partial charge >= 0.3 is 0 Å². The first-order valence-corrected chi connectivity index (χ1v) is 5.43. The molecule has 0 saturated heterocycles. The van der Waals surface area contributed by atoms with Crippen LogP contribution in [0.15, 0.2) is 40.8 Å². The predicted molar refractivity (Wildman–Crippen MR) is 63.2 cm³/mol. The van der Waals surface area contributed by atoms with Crippen molar-refractivity contribution in [2.75, 3.05) is 0 Å². The van der Waals surface area contributed by atoms with Crippen molar-refractivity contribution in [3.63, 3.8) is 0 Å². The Morgan fingerprint density at radius 1 is 1.12 bits per heavy atom. The zero-order valence-electron chi connectivity index (χ0n) is 9.21. The summed E-state index contributed by atoms with van der Waals surface area (Å²) in [6, 6.07) is 11.6. The number of furan rings is 1. The van der Waals surface area contributed by atoms with Gasteiger partial charge in [-0.1, -0.05) is 17.3 Å². The van der Waals surface area contributed by atoms with Crippen LogP contribution in [0, 0.1) is 0 Å². The van der Waals surface area contributed by atoms with E-state index >= 15 is 0 Å². The molecule has 1 aromatic carbocycles. The summed E-state index contributed by atoms with van der Waals surface area (Å²) < 4.78 is 7.36. The third kappa shape index (κ3) is 1.81. The maximum Gasteiger partial charge on any atom is 0.125 e. The smallest absolute Gasteiger partial charge is 0.125 e.